The standard InChI is InChI=1S/C27H37BCl2N2/c1-17-13-11-14-18(2)22(17)31-24(26(5,6)7)21-25(27(8,9)10)32(28(21,29)30)23-19(3)15-12-16-20(23)4/h11-16,21H,1-10H3/t21-/m0/s1. The van der Waals surface area contributed by atoms with E-state index in [9.17, 15) is 0 Å². The Morgan fingerprint density at radius 3 is 1.66 bits per heavy atom. The average molecular weight is 471 g/mol. The van der Waals surface area contributed by atoms with Gasteiger partial charge in [0.2, 0.25) is 0 Å². The predicted molar refractivity (Wildman–Crippen MR) is 144 cm³/mol. The number of halogens is 2. The molecule has 32 heavy (non-hydrogen) atoms. The van der Waals surface area contributed by atoms with Crippen molar-refractivity contribution in [2.75, 3.05) is 0 Å². The van der Waals surface area contributed by atoms with E-state index in [1.54, 1.807) is 0 Å². The second kappa shape index (κ2) is 8.33. The molecule has 1 aliphatic rings. The van der Waals surface area contributed by atoms with Crippen LogP contribution >= 0.6 is 22.9 Å². The summed E-state index contributed by atoms with van der Waals surface area (Å²) in [6, 6.07) is 12.7. The van der Waals surface area contributed by atoms with Crippen LogP contribution in [0.15, 0.2) is 41.4 Å². The summed E-state index contributed by atoms with van der Waals surface area (Å²) < 4.78 is 2.21. The van der Waals surface area contributed by atoms with Crippen LogP contribution < -0.4 is 0 Å². The molecule has 1 atom stereocenters. The molecule has 0 aliphatic carbocycles. The molecule has 1 aliphatic heterocycles. The Balaban J connectivity index is 2.36. The van der Waals surface area contributed by atoms with Gasteiger partial charge in [0.15, 0.2) is 5.69 Å². The molecule has 0 saturated carbocycles. The van der Waals surface area contributed by atoms with Crippen LogP contribution in [0, 0.1) is 38.5 Å². The Labute approximate surface area is 204 Å². The zero-order valence-electron chi connectivity index (χ0n) is 21.3. The van der Waals surface area contributed by atoms with Crippen LogP contribution in [0.3, 0.4) is 0 Å². The minimum atomic E-state index is -1.94. The smallest absolute Gasteiger partial charge is 0.394 e. The monoisotopic (exact) mass is 470 g/mol. The third kappa shape index (κ3) is 4.31. The van der Waals surface area contributed by atoms with Crippen molar-refractivity contribution in [1.29, 1.82) is 0 Å². The van der Waals surface area contributed by atoms with E-state index in [-0.39, 0.29) is 16.6 Å². The average Bonchev–Trinajstić information content (AvgIpc) is 2.62. The lowest BCUT2D eigenvalue weighted by Gasteiger charge is -2.51. The van der Waals surface area contributed by atoms with Crippen LogP contribution in [0.25, 0.3) is 0 Å². The molecule has 0 saturated heterocycles. The summed E-state index contributed by atoms with van der Waals surface area (Å²) in [6.45, 7) is 21.9. The minimum absolute atomic E-state index is 0.124. The Hall–Kier alpha value is -1.58. The lowest BCUT2D eigenvalue weighted by Crippen LogP contribution is -2.64. The van der Waals surface area contributed by atoms with Gasteiger partial charge in [0.1, 0.15) is 0 Å². The molecule has 0 unspecified atom stereocenters. The normalized spacial score (nSPS) is 19.2. The van der Waals surface area contributed by atoms with Crippen LogP contribution in [0.5, 0.6) is 0 Å². The zero-order valence-corrected chi connectivity index (χ0v) is 22.8. The summed E-state index contributed by atoms with van der Waals surface area (Å²) in [6.07, 6.45) is 0. The number of aryl methyl sites for hydroxylation is 4. The summed E-state index contributed by atoms with van der Waals surface area (Å²) in [7, 11) is 0. The Morgan fingerprint density at radius 1 is 0.812 bits per heavy atom. The van der Waals surface area contributed by atoms with Crippen molar-refractivity contribution in [3.8, 4) is 0 Å². The maximum absolute atomic E-state index is 7.31. The van der Waals surface area contributed by atoms with E-state index in [1.165, 1.54) is 16.8 Å². The molecule has 2 nitrogen and oxygen atoms in total. The van der Waals surface area contributed by atoms with Gasteiger partial charge >= 0.3 is 5.11 Å². The Morgan fingerprint density at radius 2 is 1.25 bits per heavy atom. The van der Waals surface area contributed by atoms with E-state index < -0.39 is 5.11 Å². The maximum atomic E-state index is 7.31. The highest BCUT2D eigenvalue weighted by Crippen LogP contribution is 2.54. The second-order valence-corrected chi connectivity index (χ2v) is 12.9. The first kappa shape index (κ1) is 25.1. The molecular formula is C27H37BCl2N2. The van der Waals surface area contributed by atoms with Crippen LogP contribution in [0.1, 0.15) is 63.8 Å². The number of hydrogen-bond acceptors (Lipinski definition) is 1. The van der Waals surface area contributed by atoms with E-state index in [4.69, 9.17) is 27.9 Å². The molecule has 0 radical (unpaired) electrons. The molecule has 3 rings (SSSR count). The first-order chi connectivity index (χ1) is 14.6. The van der Waals surface area contributed by atoms with Crippen LogP contribution in [0.4, 0.5) is 11.4 Å². The van der Waals surface area contributed by atoms with E-state index in [0.717, 1.165) is 28.2 Å². The lowest BCUT2D eigenvalue weighted by molar-refractivity contribution is -0.314. The van der Waals surface area contributed by atoms with Crippen molar-refractivity contribution >= 4 is 50.8 Å². The van der Waals surface area contributed by atoms with E-state index in [0.29, 0.717) is 0 Å². The zero-order chi connectivity index (χ0) is 24.2. The summed E-state index contributed by atoms with van der Waals surface area (Å²) in [4.78, 5) is 5.30. The van der Waals surface area contributed by atoms with Crippen molar-refractivity contribution in [2.24, 2.45) is 15.8 Å². The van der Waals surface area contributed by atoms with Gasteiger partial charge in [0.05, 0.1) is 11.4 Å². The topological polar surface area (TPSA) is 15.4 Å². The van der Waals surface area contributed by atoms with Crippen LogP contribution in [-0.2, 0) is 0 Å². The molecule has 0 amide bonds. The van der Waals surface area contributed by atoms with Gasteiger partial charge in [-0.25, -0.2) is 0 Å². The summed E-state index contributed by atoms with van der Waals surface area (Å²) >= 11 is 14.6. The molecule has 0 fully saturated rings. The van der Waals surface area contributed by atoms with Gasteiger partial charge in [-0.2, -0.15) is 0 Å². The number of benzene rings is 2. The first-order valence-corrected chi connectivity index (χ1v) is 12.4. The van der Waals surface area contributed by atoms with Crippen LogP contribution in [0.2, 0.25) is 5.82 Å². The van der Waals surface area contributed by atoms with Crippen molar-refractivity contribution in [2.45, 2.75) is 75.1 Å². The van der Waals surface area contributed by atoms with Gasteiger partial charge in [0.25, 0.3) is 0 Å². The van der Waals surface area contributed by atoms with Gasteiger partial charge < -0.3 is 4.49 Å². The van der Waals surface area contributed by atoms with E-state index in [1.807, 2.05) is 0 Å². The lowest BCUT2D eigenvalue weighted by atomic mass is 9.50. The first-order valence-electron chi connectivity index (χ1n) is 11.5. The van der Waals surface area contributed by atoms with Crippen molar-refractivity contribution in [3.63, 3.8) is 0 Å². The third-order valence-corrected chi connectivity index (χ3v) is 7.38. The number of hydrogen-bond donors (Lipinski definition) is 0. The second-order valence-electron chi connectivity index (χ2n) is 11.4. The highest BCUT2D eigenvalue weighted by molar-refractivity contribution is 7.45. The van der Waals surface area contributed by atoms with Crippen molar-refractivity contribution < 1.29 is 4.49 Å². The van der Waals surface area contributed by atoms with Crippen molar-refractivity contribution in [3.05, 3.63) is 58.7 Å². The van der Waals surface area contributed by atoms with Crippen LogP contribution in [-0.4, -0.2) is 21.0 Å². The maximum Gasteiger partial charge on any atom is 0.464 e. The molecule has 0 spiro atoms. The summed E-state index contributed by atoms with van der Waals surface area (Å²) in [5.74, 6) is -0.128. The largest absolute Gasteiger partial charge is 0.464 e. The van der Waals surface area contributed by atoms with Gasteiger partial charge in [-0.3, -0.25) is 27.9 Å². The highest BCUT2D eigenvalue weighted by Gasteiger charge is 2.63. The molecule has 2 aromatic carbocycles. The molecule has 1 heterocycles. The molecule has 5 heteroatoms. The third-order valence-electron chi connectivity index (χ3n) is 6.48. The molecule has 2 aromatic rings. The Kier molecular flexibility index (Phi) is 6.52. The van der Waals surface area contributed by atoms with Gasteiger partial charge in [-0.1, -0.05) is 77.9 Å². The number of para-hydroxylation sites is 2. The fourth-order valence-corrected chi connectivity index (χ4v) is 5.91. The summed E-state index contributed by atoms with van der Waals surface area (Å²) in [5.41, 5.74) is 8.81. The van der Waals surface area contributed by atoms with E-state index in [2.05, 4.69) is 110 Å². The quantitative estimate of drug-likeness (QED) is 0.314. The molecular weight excluding hydrogens is 434 g/mol. The molecule has 0 N–H and O–H groups in total. The number of aliphatic imine (C=N–C) groups is 1. The fraction of sp³-hybridized carbons (Fsp3) is 0.481. The predicted octanol–water partition coefficient (Wildman–Crippen LogP) is 8.67. The molecule has 0 bridgehead atoms. The summed E-state index contributed by atoms with van der Waals surface area (Å²) in [5, 5.41) is -1.94. The van der Waals surface area contributed by atoms with Gasteiger partial charge in [-0.15, -0.1) is 0 Å². The highest BCUT2D eigenvalue weighted by atomic mass is 35.5. The minimum Gasteiger partial charge on any atom is -0.394 e. The van der Waals surface area contributed by atoms with E-state index >= 15 is 0 Å². The SMILES string of the molecule is Cc1cccc(C)c1N=C([C@H]1C(C(C)(C)C)=[N+](c2c(C)cccc2C)[B-]1(Cl)Cl)C(C)(C)C. The van der Waals surface area contributed by atoms with Crippen molar-refractivity contribution in [1.82, 2.24) is 0 Å². The molecule has 0 aromatic heterocycles. The number of rotatable bonds is 3. The van der Waals surface area contributed by atoms with Gasteiger partial charge in [0, 0.05) is 28.1 Å². The molecule has 172 valence electrons. The number of nitrogens with zero attached hydrogens (tertiary/aromatic N) is 2. The van der Waals surface area contributed by atoms with Gasteiger partial charge in [-0.05, 0) is 44.2 Å². The Bertz CT molecular complexity index is 1070. The fourth-order valence-electron chi connectivity index (χ4n) is 5.02.